The van der Waals surface area contributed by atoms with Gasteiger partial charge in [-0.1, -0.05) is 30.3 Å². The highest BCUT2D eigenvalue weighted by Gasteiger charge is 2.07. The average molecular weight is 511 g/mol. The standard InChI is InChI=1S/C21H23F2N5.HI/c1-24-21(27-14-17-13-18(22)7-8-19(17)23)26-10-9-20-25-11-12-28(20)15-16-5-3-2-4-6-16;/h2-8,11-13H,9-10,14-15H2,1H3,(H2,24,26,27);1H. The normalized spacial score (nSPS) is 11.1. The average Bonchev–Trinajstić information content (AvgIpc) is 3.14. The summed E-state index contributed by atoms with van der Waals surface area (Å²) in [6.45, 7) is 1.52. The summed E-state index contributed by atoms with van der Waals surface area (Å²) in [6, 6.07) is 13.6. The Kier molecular flexibility index (Phi) is 9.04. The number of rotatable bonds is 7. The first-order valence-corrected chi connectivity index (χ1v) is 9.08. The monoisotopic (exact) mass is 511 g/mol. The molecule has 2 N–H and O–H groups in total. The maximum atomic E-state index is 13.7. The van der Waals surface area contributed by atoms with Gasteiger partial charge >= 0.3 is 0 Å². The minimum Gasteiger partial charge on any atom is -0.356 e. The van der Waals surface area contributed by atoms with Gasteiger partial charge in [0.1, 0.15) is 17.5 Å². The molecule has 0 aliphatic heterocycles. The van der Waals surface area contributed by atoms with Crippen LogP contribution in [0.3, 0.4) is 0 Å². The van der Waals surface area contributed by atoms with Gasteiger partial charge in [0.05, 0.1) is 0 Å². The largest absolute Gasteiger partial charge is 0.356 e. The van der Waals surface area contributed by atoms with Gasteiger partial charge in [-0.15, -0.1) is 24.0 Å². The lowest BCUT2D eigenvalue weighted by Gasteiger charge is -2.13. The molecule has 0 aliphatic rings. The molecule has 154 valence electrons. The topological polar surface area (TPSA) is 54.2 Å². The summed E-state index contributed by atoms with van der Waals surface area (Å²) in [6.07, 6.45) is 4.45. The Hall–Kier alpha value is -2.49. The highest BCUT2D eigenvalue weighted by molar-refractivity contribution is 14.0. The van der Waals surface area contributed by atoms with Crippen molar-refractivity contribution in [1.82, 2.24) is 20.2 Å². The third-order valence-electron chi connectivity index (χ3n) is 4.32. The number of hydrogen-bond acceptors (Lipinski definition) is 2. The molecular formula is C21H24F2IN5. The number of halogens is 3. The van der Waals surface area contributed by atoms with Crippen molar-refractivity contribution in [3.8, 4) is 0 Å². The molecule has 0 saturated heterocycles. The van der Waals surface area contributed by atoms with E-state index in [0.29, 0.717) is 18.9 Å². The molecule has 0 spiro atoms. The van der Waals surface area contributed by atoms with Gasteiger partial charge in [-0.05, 0) is 23.8 Å². The highest BCUT2D eigenvalue weighted by Crippen LogP contribution is 2.09. The van der Waals surface area contributed by atoms with Gasteiger partial charge in [-0.3, -0.25) is 4.99 Å². The number of guanidine groups is 1. The predicted molar refractivity (Wildman–Crippen MR) is 121 cm³/mol. The lowest BCUT2D eigenvalue weighted by Crippen LogP contribution is -2.38. The summed E-state index contributed by atoms with van der Waals surface area (Å²) in [5, 5.41) is 6.17. The van der Waals surface area contributed by atoms with Crippen molar-refractivity contribution < 1.29 is 8.78 Å². The van der Waals surface area contributed by atoms with E-state index >= 15 is 0 Å². The molecule has 29 heavy (non-hydrogen) atoms. The molecule has 0 amide bonds. The van der Waals surface area contributed by atoms with Gasteiger partial charge in [0.2, 0.25) is 0 Å². The Labute approximate surface area is 186 Å². The molecule has 0 fully saturated rings. The summed E-state index contributed by atoms with van der Waals surface area (Å²) in [4.78, 5) is 8.54. The van der Waals surface area contributed by atoms with E-state index in [1.54, 1.807) is 13.2 Å². The van der Waals surface area contributed by atoms with Crippen molar-refractivity contribution in [3.63, 3.8) is 0 Å². The second kappa shape index (κ2) is 11.5. The summed E-state index contributed by atoms with van der Waals surface area (Å²) in [7, 11) is 1.63. The van der Waals surface area contributed by atoms with Crippen molar-refractivity contribution in [2.75, 3.05) is 13.6 Å². The predicted octanol–water partition coefficient (Wildman–Crippen LogP) is 3.74. The van der Waals surface area contributed by atoms with E-state index < -0.39 is 11.6 Å². The summed E-state index contributed by atoms with van der Waals surface area (Å²) in [5.74, 6) is 0.562. The Bertz CT molecular complexity index is 928. The fourth-order valence-corrected chi connectivity index (χ4v) is 2.86. The van der Waals surface area contributed by atoms with Gasteiger partial charge in [0.25, 0.3) is 0 Å². The van der Waals surface area contributed by atoms with E-state index in [4.69, 9.17) is 0 Å². The van der Waals surface area contributed by atoms with E-state index in [0.717, 1.165) is 24.5 Å². The summed E-state index contributed by atoms with van der Waals surface area (Å²) in [5.41, 5.74) is 1.46. The SMILES string of the molecule is CN=C(NCCc1nccn1Cc1ccccc1)NCc1cc(F)ccc1F.I. The minimum absolute atomic E-state index is 0. The first kappa shape index (κ1) is 22.8. The molecule has 0 unspecified atom stereocenters. The fraction of sp³-hybridized carbons (Fsp3) is 0.238. The lowest BCUT2D eigenvalue weighted by atomic mass is 10.2. The van der Waals surface area contributed by atoms with Crippen LogP contribution in [-0.2, 0) is 19.5 Å². The molecule has 1 aromatic heterocycles. The number of nitrogens with zero attached hydrogens (tertiary/aromatic N) is 3. The van der Waals surface area contributed by atoms with Gasteiger partial charge < -0.3 is 15.2 Å². The molecule has 0 atom stereocenters. The Morgan fingerprint density at radius 3 is 2.66 bits per heavy atom. The minimum atomic E-state index is -0.466. The molecule has 5 nitrogen and oxygen atoms in total. The molecule has 0 bridgehead atoms. The molecule has 0 radical (unpaired) electrons. The van der Waals surface area contributed by atoms with E-state index in [1.807, 2.05) is 24.4 Å². The van der Waals surface area contributed by atoms with Crippen molar-refractivity contribution in [2.24, 2.45) is 4.99 Å². The van der Waals surface area contributed by atoms with E-state index in [-0.39, 0.29) is 36.1 Å². The van der Waals surface area contributed by atoms with E-state index in [2.05, 4.69) is 37.3 Å². The number of imidazole rings is 1. The van der Waals surface area contributed by atoms with Gasteiger partial charge in [-0.2, -0.15) is 0 Å². The molecule has 1 heterocycles. The smallest absolute Gasteiger partial charge is 0.191 e. The number of aromatic nitrogens is 2. The van der Waals surface area contributed by atoms with Gasteiger partial charge in [0, 0.05) is 51.1 Å². The molecule has 8 heteroatoms. The maximum absolute atomic E-state index is 13.7. The van der Waals surface area contributed by atoms with Crippen LogP contribution in [-0.4, -0.2) is 29.1 Å². The highest BCUT2D eigenvalue weighted by atomic mass is 127. The van der Waals surface area contributed by atoms with Crippen LogP contribution in [0.2, 0.25) is 0 Å². The zero-order valence-electron chi connectivity index (χ0n) is 16.1. The molecule has 0 aliphatic carbocycles. The van der Waals surface area contributed by atoms with Crippen molar-refractivity contribution in [1.29, 1.82) is 0 Å². The number of benzene rings is 2. The number of nitrogens with one attached hydrogen (secondary N) is 2. The van der Waals surface area contributed by atoms with Crippen LogP contribution in [0.15, 0.2) is 65.9 Å². The van der Waals surface area contributed by atoms with Crippen LogP contribution in [0.4, 0.5) is 8.78 Å². The summed E-state index contributed by atoms with van der Waals surface area (Å²) >= 11 is 0. The van der Waals surface area contributed by atoms with Crippen LogP contribution in [0.1, 0.15) is 17.0 Å². The third kappa shape index (κ3) is 6.81. The first-order chi connectivity index (χ1) is 13.7. The molecule has 3 rings (SSSR count). The van der Waals surface area contributed by atoms with Crippen LogP contribution in [0, 0.1) is 11.6 Å². The molecule has 3 aromatic rings. The first-order valence-electron chi connectivity index (χ1n) is 9.08. The lowest BCUT2D eigenvalue weighted by molar-refractivity contribution is 0.581. The van der Waals surface area contributed by atoms with Gasteiger partial charge in [0.15, 0.2) is 5.96 Å². The number of hydrogen-bond donors (Lipinski definition) is 2. The fourth-order valence-electron chi connectivity index (χ4n) is 2.86. The molecular weight excluding hydrogens is 487 g/mol. The Morgan fingerprint density at radius 1 is 1.10 bits per heavy atom. The van der Waals surface area contributed by atoms with Crippen LogP contribution in [0.5, 0.6) is 0 Å². The van der Waals surface area contributed by atoms with E-state index in [1.165, 1.54) is 11.6 Å². The third-order valence-corrected chi connectivity index (χ3v) is 4.32. The van der Waals surface area contributed by atoms with Crippen LogP contribution < -0.4 is 10.6 Å². The zero-order valence-corrected chi connectivity index (χ0v) is 18.4. The molecule has 2 aromatic carbocycles. The molecule has 0 saturated carbocycles. The summed E-state index contributed by atoms with van der Waals surface area (Å²) < 4.78 is 29.1. The second-order valence-electron chi connectivity index (χ2n) is 6.30. The quantitative estimate of drug-likeness (QED) is 0.289. The maximum Gasteiger partial charge on any atom is 0.191 e. The Balaban J connectivity index is 0.00000300. The Morgan fingerprint density at radius 2 is 1.90 bits per heavy atom. The van der Waals surface area contributed by atoms with Crippen molar-refractivity contribution in [3.05, 3.63) is 89.5 Å². The van der Waals surface area contributed by atoms with Crippen molar-refractivity contribution in [2.45, 2.75) is 19.5 Å². The van der Waals surface area contributed by atoms with Gasteiger partial charge in [-0.25, -0.2) is 13.8 Å². The second-order valence-corrected chi connectivity index (χ2v) is 6.30. The zero-order chi connectivity index (χ0) is 19.8. The number of aliphatic imine (C=N–C) groups is 1. The van der Waals surface area contributed by atoms with Crippen LogP contribution >= 0.6 is 24.0 Å². The van der Waals surface area contributed by atoms with E-state index in [9.17, 15) is 8.78 Å². The van der Waals surface area contributed by atoms with Crippen LogP contribution in [0.25, 0.3) is 0 Å². The van der Waals surface area contributed by atoms with Crippen molar-refractivity contribution >= 4 is 29.9 Å².